The molecule has 8 fully saturated rings. The normalized spacial score (nSPS) is 59.6. The Morgan fingerprint density at radius 3 is 2.12 bits per heavy atom. The van der Waals surface area contributed by atoms with Gasteiger partial charge in [0, 0.05) is 55.8 Å². The molecule has 264 valence electrons. The number of ether oxygens (including phenoxy) is 6. The van der Waals surface area contributed by atoms with Gasteiger partial charge in [0.25, 0.3) is 0 Å². The van der Waals surface area contributed by atoms with Crippen LogP contribution in [-0.4, -0.2) is 105 Å². The number of aliphatic hydroxyl groups is 3. The van der Waals surface area contributed by atoms with Crippen molar-refractivity contribution in [2.75, 3.05) is 0 Å². The molecule has 0 bridgehead atoms. The molecule has 5 saturated carbocycles. The van der Waals surface area contributed by atoms with Crippen LogP contribution in [0, 0.1) is 51.8 Å². The number of aliphatic hydroxyl groups excluding tert-OH is 1. The monoisotopic (exact) mass is 676 g/mol. The maximum absolute atomic E-state index is 14.4. The highest BCUT2D eigenvalue weighted by Gasteiger charge is 2.93. The molecule has 0 amide bonds. The van der Waals surface area contributed by atoms with Gasteiger partial charge in [0.2, 0.25) is 5.79 Å². The average molecular weight is 677 g/mol. The highest BCUT2D eigenvalue weighted by atomic mass is 16.8. The van der Waals surface area contributed by atoms with Gasteiger partial charge in [-0.15, -0.1) is 0 Å². The van der Waals surface area contributed by atoms with E-state index in [4.69, 9.17) is 28.4 Å². The third-order valence-corrected chi connectivity index (χ3v) is 14.9. The number of ketones is 1. The first kappa shape index (κ1) is 32.5. The molecule has 48 heavy (non-hydrogen) atoms. The summed E-state index contributed by atoms with van der Waals surface area (Å²) in [4.78, 5) is 66.2. The molecular formula is C34H44O14. The van der Waals surface area contributed by atoms with E-state index in [1.165, 1.54) is 27.7 Å². The summed E-state index contributed by atoms with van der Waals surface area (Å²) in [6.07, 6.45) is -6.77. The van der Waals surface area contributed by atoms with Gasteiger partial charge in [-0.25, -0.2) is 4.79 Å². The van der Waals surface area contributed by atoms with Gasteiger partial charge < -0.3 is 43.7 Å². The third-order valence-electron chi connectivity index (χ3n) is 14.9. The molecule has 0 unspecified atom stereocenters. The molecular weight excluding hydrogens is 632 g/mol. The van der Waals surface area contributed by atoms with Gasteiger partial charge in [0.1, 0.15) is 42.2 Å². The first-order chi connectivity index (χ1) is 22.2. The highest BCUT2D eigenvalue weighted by molar-refractivity contribution is 5.94. The molecule has 0 aromatic carbocycles. The van der Waals surface area contributed by atoms with Gasteiger partial charge >= 0.3 is 23.9 Å². The molecule has 5 aliphatic carbocycles. The highest BCUT2D eigenvalue weighted by Crippen LogP contribution is 2.81. The van der Waals surface area contributed by atoms with Gasteiger partial charge in [-0.05, 0) is 38.0 Å². The van der Waals surface area contributed by atoms with Crippen molar-refractivity contribution in [3.05, 3.63) is 0 Å². The van der Waals surface area contributed by atoms with Crippen LogP contribution in [0.25, 0.3) is 0 Å². The van der Waals surface area contributed by atoms with Gasteiger partial charge in [-0.1, -0.05) is 20.8 Å². The lowest BCUT2D eigenvalue weighted by atomic mass is 9.40. The van der Waals surface area contributed by atoms with Crippen molar-refractivity contribution < 1.29 is 67.7 Å². The standard InChI is InChI=1S/C34H44O14/c1-11-19-21(31(7)32(8,41)28(40)48-34(31)26(11)47-34)24(44-13(3)36)20-18-15(9-17(29(19,20)5)43-12(2)35)30(6)27(45-14(4)37)23-16(46-23)10-33(30,42)25(39)22(18)38/h11,15-24,26-27,38,41-42H,9-10H2,1-8H3/t11-,15-,16-,17-,18+,19-,20+,21-,22+,23-,24+,26+,27-,29+,30-,31-,32+,33-,34-/m0/s1. The topological polar surface area (TPSA) is 208 Å². The fourth-order valence-electron chi connectivity index (χ4n) is 12.8. The smallest absolute Gasteiger partial charge is 0.341 e. The molecule has 0 aromatic heterocycles. The Morgan fingerprint density at radius 2 is 1.52 bits per heavy atom. The molecule has 0 aromatic rings. The van der Waals surface area contributed by atoms with Crippen LogP contribution in [0.4, 0.5) is 0 Å². The second kappa shape index (κ2) is 9.17. The number of hydrogen-bond donors (Lipinski definition) is 3. The Hall–Kier alpha value is -2.65. The van der Waals surface area contributed by atoms with Crippen molar-refractivity contribution in [2.45, 2.75) is 128 Å². The summed E-state index contributed by atoms with van der Waals surface area (Å²) in [5.41, 5.74) is -8.40. The maximum atomic E-state index is 14.4. The molecule has 3 N–H and O–H groups in total. The first-order valence-corrected chi connectivity index (χ1v) is 16.9. The second-order valence-corrected chi connectivity index (χ2v) is 16.6. The minimum absolute atomic E-state index is 0.0531. The minimum atomic E-state index is -2.17. The number of carbonyl (C=O) groups excluding carboxylic acids is 5. The van der Waals surface area contributed by atoms with Crippen LogP contribution in [-0.2, 0) is 52.4 Å². The van der Waals surface area contributed by atoms with Gasteiger partial charge in [-0.2, -0.15) is 0 Å². The first-order valence-electron chi connectivity index (χ1n) is 16.9. The number of carbonyl (C=O) groups is 5. The van der Waals surface area contributed by atoms with E-state index in [1.807, 2.05) is 13.8 Å². The Balaban J connectivity index is 1.37. The zero-order chi connectivity index (χ0) is 35.0. The summed E-state index contributed by atoms with van der Waals surface area (Å²) in [6, 6.07) is 0. The molecule has 19 atom stereocenters. The van der Waals surface area contributed by atoms with Gasteiger partial charge in [0.15, 0.2) is 11.4 Å². The van der Waals surface area contributed by atoms with Gasteiger partial charge in [-0.3, -0.25) is 19.2 Å². The van der Waals surface area contributed by atoms with Crippen LogP contribution < -0.4 is 0 Å². The van der Waals surface area contributed by atoms with E-state index in [1.54, 1.807) is 13.8 Å². The fraction of sp³-hybridized carbons (Fsp3) is 0.853. The van der Waals surface area contributed by atoms with E-state index in [9.17, 15) is 39.3 Å². The Morgan fingerprint density at radius 1 is 0.896 bits per heavy atom. The summed E-state index contributed by atoms with van der Waals surface area (Å²) >= 11 is 0. The van der Waals surface area contributed by atoms with E-state index in [0.29, 0.717) is 0 Å². The van der Waals surface area contributed by atoms with Gasteiger partial charge in [0.05, 0.1) is 11.5 Å². The quantitative estimate of drug-likeness (QED) is 0.207. The Labute approximate surface area is 277 Å². The van der Waals surface area contributed by atoms with Crippen molar-refractivity contribution in [1.82, 2.24) is 0 Å². The molecule has 3 heterocycles. The van der Waals surface area contributed by atoms with Crippen LogP contribution in [0.2, 0.25) is 0 Å². The molecule has 3 saturated heterocycles. The summed E-state index contributed by atoms with van der Waals surface area (Å²) in [5, 5.41) is 36.5. The van der Waals surface area contributed by atoms with E-state index in [0.717, 1.165) is 0 Å². The minimum Gasteiger partial charge on any atom is -0.462 e. The average Bonchev–Trinajstić information content (AvgIpc) is 3.88. The van der Waals surface area contributed by atoms with E-state index < -0.39 is 135 Å². The SMILES string of the molecule is CC(=O)O[C@@H]1[C@H]2[C@@H]3[C@@H](O)C(=O)[C@@]4(O)C[C@@H]5O[C@@H]5[C@H](OC(C)=O)[C@]4(C)[C@H]3C[C@H](OC(C)=O)[C@]2(C)[C@H]2[C@H](C)[C@H]3O[C@]34OC(=O)[C@@](C)(O)[C@]4(C)[C@H]12. The number of epoxide rings is 2. The zero-order valence-corrected chi connectivity index (χ0v) is 28.3. The van der Waals surface area contributed by atoms with Crippen LogP contribution in [0.5, 0.6) is 0 Å². The molecule has 1 spiro atoms. The van der Waals surface area contributed by atoms with Crippen LogP contribution >= 0.6 is 0 Å². The van der Waals surface area contributed by atoms with Crippen LogP contribution in [0.1, 0.15) is 68.2 Å². The molecule has 14 heteroatoms. The van der Waals surface area contributed by atoms with E-state index >= 15 is 0 Å². The summed E-state index contributed by atoms with van der Waals surface area (Å²) in [6.45, 7) is 12.2. The Bertz CT molecular complexity index is 1560. The number of esters is 4. The second-order valence-electron chi connectivity index (χ2n) is 16.6. The molecule has 14 nitrogen and oxygen atoms in total. The summed E-state index contributed by atoms with van der Waals surface area (Å²) < 4.78 is 36.1. The fourth-order valence-corrected chi connectivity index (χ4v) is 12.8. The molecule has 0 radical (unpaired) electrons. The molecule has 3 aliphatic heterocycles. The molecule has 8 rings (SSSR count). The van der Waals surface area contributed by atoms with Crippen molar-refractivity contribution >= 4 is 29.7 Å². The maximum Gasteiger partial charge on any atom is 0.341 e. The van der Waals surface area contributed by atoms with Crippen LogP contribution in [0.15, 0.2) is 0 Å². The number of fused-ring (bicyclic) bond motifs is 9. The van der Waals surface area contributed by atoms with E-state index in [-0.39, 0.29) is 18.8 Å². The lowest BCUT2D eigenvalue weighted by molar-refractivity contribution is -0.267. The van der Waals surface area contributed by atoms with Crippen LogP contribution in [0.3, 0.4) is 0 Å². The number of Topliss-reactive ketones (excluding diaryl/α,β-unsaturated/α-hetero) is 1. The predicted octanol–water partition coefficient (Wildman–Crippen LogP) is 0.197. The lowest BCUT2D eigenvalue weighted by Crippen LogP contribution is -2.77. The number of hydrogen-bond acceptors (Lipinski definition) is 14. The predicted molar refractivity (Wildman–Crippen MR) is 156 cm³/mol. The third kappa shape index (κ3) is 3.31. The number of rotatable bonds is 3. The summed E-state index contributed by atoms with van der Waals surface area (Å²) in [7, 11) is 0. The van der Waals surface area contributed by atoms with Crippen molar-refractivity contribution in [1.29, 1.82) is 0 Å². The summed E-state index contributed by atoms with van der Waals surface area (Å²) in [5.74, 6) is -9.67. The van der Waals surface area contributed by atoms with Crippen molar-refractivity contribution in [2.24, 2.45) is 51.8 Å². The van der Waals surface area contributed by atoms with Crippen molar-refractivity contribution in [3.8, 4) is 0 Å². The lowest BCUT2D eigenvalue weighted by Gasteiger charge is -2.65. The zero-order valence-electron chi connectivity index (χ0n) is 28.3. The van der Waals surface area contributed by atoms with E-state index in [2.05, 4.69) is 0 Å². The molecule has 8 aliphatic rings. The van der Waals surface area contributed by atoms with Crippen molar-refractivity contribution in [3.63, 3.8) is 0 Å². The largest absolute Gasteiger partial charge is 0.462 e. The Kier molecular flexibility index (Phi) is 6.22.